The van der Waals surface area contributed by atoms with Crippen LogP contribution in [0.3, 0.4) is 0 Å². The minimum atomic E-state index is -0.234. The van der Waals surface area contributed by atoms with Crippen LogP contribution in [0.5, 0.6) is 0 Å². The third-order valence-electron chi connectivity index (χ3n) is 2.94. The fourth-order valence-corrected chi connectivity index (χ4v) is 2.17. The quantitative estimate of drug-likeness (QED) is 0.676. The van der Waals surface area contributed by atoms with E-state index in [1.165, 1.54) is 18.2 Å². The predicted octanol–water partition coefficient (Wildman–Crippen LogP) is 4.56. The minimum absolute atomic E-state index is 0.217. The van der Waals surface area contributed by atoms with Crippen molar-refractivity contribution in [2.75, 3.05) is 0 Å². The van der Waals surface area contributed by atoms with Gasteiger partial charge in [-0.2, -0.15) is 0 Å². The molecule has 0 unspecified atom stereocenters. The molecule has 0 nitrogen and oxygen atoms in total. The van der Waals surface area contributed by atoms with Crippen LogP contribution in [-0.4, -0.2) is 0 Å². The summed E-state index contributed by atoms with van der Waals surface area (Å²) in [5, 5.41) is 0. The van der Waals surface area contributed by atoms with E-state index in [9.17, 15) is 8.78 Å². The van der Waals surface area contributed by atoms with E-state index in [0.29, 0.717) is 5.56 Å². The van der Waals surface area contributed by atoms with Gasteiger partial charge in [0.2, 0.25) is 0 Å². The molecule has 0 aromatic heterocycles. The van der Waals surface area contributed by atoms with Crippen molar-refractivity contribution in [2.24, 2.45) is 0 Å². The van der Waals surface area contributed by atoms with Crippen molar-refractivity contribution in [3.63, 3.8) is 0 Å². The number of aryl methyl sites for hydroxylation is 3. The van der Waals surface area contributed by atoms with Crippen molar-refractivity contribution in [1.29, 1.82) is 0 Å². The molecule has 88 valence electrons. The molecule has 2 heteroatoms. The average molecular weight is 232 g/mol. The molecule has 0 aliphatic heterocycles. The average Bonchev–Trinajstić information content (AvgIpc) is 2.21. The van der Waals surface area contributed by atoms with E-state index in [1.54, 1.807) is 19.1 Å². The highest BCUT2D eigenvalue weighted by molar-refractivity contribution is 5.71. The Morgan fingerprint density at radius 2 is 1.35 bits per heavy atom. The van der Waals surface area contributed by atoms with Crippen LogP contribution in [-0.2, 0) is 0 Å². The Morgan fingerprint density at radius 1 is 0.765 bits per heavy atom. The van der Waals surface area contributed by atoms with Gasteiger partial charge in [-0.15, -0.1) is 0 Å². The predicted molar refractivity (Wildman–Crippen MR) is 66.0 cm³/mol. The largest absolute Gasteiger partial charge is 0.207 e. The number of hydrogen-bond donors (Lipinski definition) is 0. The number of benzene rings is 2. The molecule has 0 atom stereocenters. The maximum Gasteiger partial charge on any atom is 0.126 e. The molecule has 0 spiro atoms. The third kappa shape index (κ3) is 2.21. The molecule has 2 aromatic rings. The van der Waals surface area contributed by atoms with Crippen molar-refractivity contribution < 1.29 is 8.78 Å². The van der Waals surface area contributed by atoms with Crippen molar-refractivity contribution in [1.82, 2.24) is 0 Å². The maximum atomic E-state index is 13.2. The normalized spacial score (nSPS) is 10.6. The Bertz CT molecular complexity index is 548. The van der Waals surface area contributed by atoms with Crippen LogP contribution < -0.4 is 0 Å². The van der Waals surface area contributed by atoms with Gasteiger partial charge in [0.1, 0.15) is 11.6 Å². The van der Waals surface area contributed by atoms with Gasteiger partial charge in [-0.3, -0.25) is 0 Å². The van der Waals surface area contributed by atoms with Gasteiger partial charge in [-0.05, 0) is 72.9 Å². The third-order valence-corrected chi connectivity index (χ3v) is 2.94. The standard InChI is InChI=1S/C15H14F2/c1-9-6-12(4-5-14(9)17)15-10(2)7-13(16)8-11(15)3/h4-8H,1-3H3. The first-order valence-electron chi connectivity index (χ1n) is 5.52. The SMILES string of the molecule is Cc1cc(-c2c(C)cc(F)cc2C)ccc1F. The fraction of sp³-hybridized carbons (Fsp3) is 0.200. The molecule has 0 radical (unpaired) electrons. The van der Waals surface area contributed by atoms with E-state index in [0.717, 1.165) is 22.3 Å². The summed E-state index contributed by atoms with van der Waals surface area (Å²) in [5.41, 5.74) is 4.25. The number of halogens is 2. The van der Waals surface area contributed by atoms with Gasteiger partial charge in [0.25, 0.3) is 0 Å². The number of hydrogen-bond acceptors (Lipinski definition) is 0. The fourth-order valence-electron chi connectivity index (χ4n) is 2.17. The molecule has 2 aromatic carbocycles. The van der Waals surface area contributed by atoms with Crippen LogP contribution >= 0.6 is 0 Å². The molecule has 0 heterocycles. The molecule has 0 N–H and O–H groups in total. The minimum Gasteiger partial charge on any atom is -0.207 e. The summed E-state index contributed by atoms with van der Waals surface area (Å²) >= 11 is 0. The summed E-state index contributed by atoms with van der Waals surface area (Å²) in [6.07, 6.45) is 0. The molecule has 0 saturated carbocycles. The van der Waals surface area contributed by atoms with Gasteiger partial charge in [-0.25, -0.2) is 8.78 Å². The first-order chi connectivity index (χ1) is 7.99. The van der Waals surface area contributed by atoms with E-state index in [-0.39, 0.29) is 11.6 Å². The van der Waals surface area contributed by atoms with Gasteiger partial charge < -0.3 is 0 Å². The smallest absolute Gasteiger partial charge is 0.126 e. The van der Waals surface area contributed by atoms with Gasteiger partial charge in [0.05, 0.1) is 0 Å². The van der Waals surface area contributed by atoms with Crippen LogP contribution in [0.25, 0.3) is 11.1 Å². The first-order valence-corrected chi connectivity index (χ1v) is 5.52. The summed E-state index contributed by atoms with van der Waals surface area (Å²) in [4.78, 5) is 0. The van der Waals surface area contributed by atoms with Crippen LogP contribution in [0.4, 0.5) is 8.78 Å². The van der Waals surface area contributed by atoms with Crippen molar-refractivity contribution in [3.05, 3.63) is 58.7 Å². The van der Waals surface area contributed by atoms with Crippen molar-refractivity contribution >= 4 is 0 Å². The van der Waals surface area contributed by atoms with E-state index in [2.05, 4.69) is 0 Å². The summed E-state index contributed by atoms with van der Waals surface area (Å²) in [7, 11) is 0. The first kappa shape index (κ1) is 11.8. The van der Waals surface area contributed by atoms with E-state index >= 15 is 0 Å². The lowest BCUT2D eigenvalue weighted by Gasteiger charge is -2.11. The summed E-state index contributed by atoms with van der Waals surface area (Å²) in [5.74, 6) is -0.450. The maximum absolute atomic E-state index is 13.2. The highest BCUT2D eigenvalue weighted by atomic mass is 19.1. The van der Waals surface area contributed by atoms with Crippen LogP contribution in [0.15, 0.2) is 30.3 Å². The Morgan fingerprint density at radius 3 is 1.88 bits per heavy atom. The van der Waals surface area contributed by atoms with Gasteiger partial charge in [0, 0.05) is 0 Å². The zero-order valence-electron chi connectivity index (χ0n) is 10.1. The summed E-state index contributed by atoms with van der Waals surface area (Å²) in [6.45, 7) is 5.46. The molecule has 0 saturated heterocycles. The van der Waals surface area contributed by atoms with Crippen LogP contribution in [0, 0.1) is 32.4 Å². The zero-order chi connectivity index (χ0) is 12.6. The lowest BCUT2D eigenvalue weighted by molar-refractivity contribution is 0.618. The highest BCUT2D eigenvalue weighted by Crippen LogP contribution is 2.29. The Labute approximate surface area is 99.9 Å². The second-order valence-electron chi connectivity index (χ2n) is 4.38. The zero-order valence-corrected chi connectivity index (χ0v) is 10.1. The molecule has 0 aliphatic rings. The molecular formula is C15H14F2. The van der Waals surface area contributed by atoms with Crippen molar-refractivity contribution in [3.8, 4) is 11.1 Å². The summed E-state index contributed by atoms with van der Waals surface area (Å²) < 4.78 is 26.4. The Balaban J connectivity index is 2.64. The lowest BCUT2D eigenvalue weighted by atomic mass is 9.94. The molecule has 0 bridgehead atoms. The van der Waals surface area contributed by atoms with E-state index < -0.39 is 0 Å². The Hall–Kier alpha value is -1.70. The monoisotopic (exact) mass is 232 g/mol. The molecule has 0 amide bonds. The summed E-state index contributed by atoms with van der Waals surface area (Å²) in [6, 6.07) is 7.98. The van der Waals surface area contributed by atoms with E-state index in [4.69, 9.17) is 0 Å². The van der Waals surface area contributed by atoms with Crippen molar-refractivity contribution in [2.45, 2.75) is 20.8 Å². The highest BCUT2D eigenvalue weighted by Gasteiger charge is 2.09. The second kappa shape index (κ2) is 4.28. The number of rotatable bonds is 1. The molecule has 2 rings (SSSR count). The van der Waals surface area contributed by atoms with Gasteiger partial charge in [0.15, 0.2) is 0 Å². The van der Waals surface area contributed by atoms with Crippen LogP contribution in [0.1, 0.15) is 16.7 Å². The topological polar surface area (TPSA) is 0 Å². The molecular weight excluding hydrogens is 218 g/mol. The second-order valence-corrected chi connectivity index (χ2v) is 4.38. The molecule has 0 fully saturated rings. The van der Waals surface area contributed by atoms with E-state index in [1.807, 2.05) is 13.8 Å². The van der Waals surface area contributed by atoms with Gasteiger partial charge in [-0.1, -0.05) is 6.07 Å². The van der Waals surface area contributed by atoms with Gasteiger partial charge >= 0.3 is 0 Å². The lowest BCUT2D eigenvalue weighted by Crippen LogP contribution is -1.92. The molecule has 17 heavy (non-hydrogen) atoms. The Kier molecular flexibility index (Phi) is 2.97. The molecule has 0 aliphatic carbocycles. The van der Waals surface area contributed by atoms with Crippen LogP contribution in [0.2, 0.25) is 0 Å².